The quantitative estimate of drug-likeness (QED) is 0.0320. The molecular weight excluding hydrogens is 971 g/mol. The minimum Gasteiger partial charge on any atom is -0.466 e. The van der Waals surface area contributed by atoms with Crippen LogP contribution in [0.1, 0.15) is 393 Å². The molecule has 3 N–H and O–H groups in total. The van der Waals surface area contributed by atoms with Gasteiger partial charge in [-0.15, -0.1) is 0 Å². The molecule has 0 spiro atoms. The lowest BCUT2D eigenvalue weighted by atomic mass is 10.0. The van der Waals surface area contributed by atoms with Gasteiger partial charge in [0.1, 0.15) is 0 Å². The molecule has 1 amide bonds. The summed E-state index contributed by atoms with van der Waals surface area (Å²) in [7, 11) is 0. The number of nitrogens with one attached hydrogen (secondary N) is 1. The van der Waals surface area contributed by atoms with E-state index in [0.29, 0.717) is 19.4 Å². The lowest BCUT2D eigenvalue weighted by Gasteiger charge is -2.20. The predicted molar refractivity (Wildman–Crippen MR) is 347 cm³/mol. The van der Waals surface area contributed by atoms with Crippen LogP contribution in [-0.2, 0) is 14.3 Å². The fraction of sp³-hybridized carbons (Fsp3) is 0.890. The third kappa shape index (κ3) is 65.1. The van der Waals surface area contributed by atoms with Gasteiger partial charge < -0.3 is 20.3 Å². The zero-order valence-electron chi connectivity index (χ0n) is 53.4. The van der Waals surface area contributed by atoms with E-state index in [0.717, 1.165) is 44.9 Å². The highest BCUT2D eigenvalue weighted by Gasteiger charge is 2.18. The first kappa shape index (κ1) is 77.1. The summed E-state index contributed by atoms with van der Waals surface area (Å²) >= 11 is 0. The Hall–Kier alpha value is -1.92. The van der Waals surface area contributed by atoms with E-state index in [-0.39, 0.29) is 18.5 Å². The molecule has 79 heavy (non-hydrogen) atoms. The van der Waals surface area contributed by atoms with Crippen LogP contribution in [0.25, 0.3) is 0 Å². The molecule has 0 saturated heterocycles. The van der Waals surface area contributed by atoms with E-state index in [1.807, 2.05) is 6.08 Å². The standard InChI is InChI=1S/C73H139NO5/c1-3-5-7-9-11-13-15-17-18-38-42-45-49-53-57-61-65-71(76)70(69-75)74-72(77)66-62-58-54-50-46-43-39-36-34-32-30-28-26-24-22-20-19-21-23-25-27-29-31-33-35-37-40-44-48-52-56-60-64-68-79-73(78)67-63-59-55-51-47-41-16-14-12-10-8-6-4-2/h14,16,23,25,61,65,70-71,75-76H,3-13,15,17-22,24,26-60,62-64,66-69H2,1-2H3,(H,74,77)/b16-14-,25-23-,65-61+. The number of aliphatic hydroxyl groups is 2. The van der Waals surface area contributed by atoms with Crippen LogP contribution >= 0.6 is 0 Å². The summed E-state index contributed by atoms with van der Waals surface area (Å²) in [6.45, 7) is 4.92. The van der Waals surface area contributed by atoms with Crippen LogP contribution in [0.5, 0.6) is 0 Å². The fourth-order valence-electron chi connectivity index (χ4n) is 11.2. The van der Waals surface area contributed by atoms with Gasteiger partial charge in [-0.2, -0.15) is 0 Å². The first-order valence-electron chi connectivity index (χ1n) is 35.8. The van der Waals surface area contributed by atoms with Crippen LogP contribution in [0, 0.1) is 0 Å². The molecule has 0 aromatic rings. The van der Waals surface area contributed by atoms with Crippen LogP contribution in [-0.4, -0.2) is 47.4 Å². The molecule has 2 atom stereocenters. The van der Waals surface area contributed by atoms with Gasteiger partial charge in [-0.1, -0.05) is 333 Å². The maximum absolute atomic E-state index is 12.5. The normalized spacial score (nSPS) is 12.7. The summed E-state index contributed by atoms with van der Waals surface area (Å²) in [5, 5.41) is 23.2. The number of amides is 1. The van der Waals surface area contributed by atoms with Crippen LogP contribution in [0.15, 0.2) is 36.5 Å². The van der Waals surface area contributed by atoms with E-state index in [2.05, 4.69) is 43.5 Å². The van der Waals surface area contributed by atoms with E-state index in [9.17, 15) is 19.8 Å². The molecule has 0 bridgehead atoms. The molecule has 0 aliphatic heterocycles. The average Bonchev–Trinajstić information content (AvgIpc) is 3.45. The third-order valence-electron chi connectivity index (χ3n) is 16.6. The molecule has 0 rings (SSSR count). The fourth-order valence-corrected chi connectivity index (χ4v) is 11.2. The number of carbonyl (C=O) groups excluding carboxylic acids is 2. The molecular formula is C73H139NO5. The van der Waals surface area contributed by atoms with Gasteiger partial charge >= 0.3 is 5.97 Å². The van der Waals surface area contributed by atoms with Crippen LogP contribution in [0.2, 0.25) is 0 Å². The summed E-state index contributed by atoms with van der Waals surface area (Å²) < 4.78 is 5.48. The topological polar surface area (TPSA) is 95.9 Å². The van der Waals surface area contributed by atoms with Crippen molar-refractivity contribution in [1.29, 1.82) is 0 Å². The van der Waals surface area contributed by atoms with Crippen molar-refractivity contribution in [3.8, 4) is 0 Å². The Kier molecular flexibility index (Phi) is 66.9. The Morgan fingerprint density at radius 2 is 0.595 bits per heavy atom. The molecule has 0 aromatic heterocycles. The molecule has 0 fully saturated rings. The molecule has 2 unspecified atom stereocenters. The van der Waals surface area contributed by atoms with Crippen molar-refractivity contribution in [2.75, 3.05) is 13.2 Å². The van der Waals surface area contributed by atoms with E-state index >= 15 is 0 Å². The molecule has 0 aliphatic carbocycles. The second-order valence-electron chi connectivity index (χ2n) is 24.6. The Bertz CT molecular complexity index is 1280. The number of hydrogen-bond acceptors (Lipinski definition) is 5. The summed E-state index contributed by atoms with van der Waals surface area (Å²) in [4.78, 5) is 24.5. The second kappa shape index (κ2) is 68.6. The van der Waals surface area contributed by atoms with Crippen molar-refractivity contribution in [3.63, 3.8) is 0 Å². The number of esters is 1. The number of allylic oxidation sites excluding steroid dienone is 5. The van der Waals surface area contributed by atoms with Crippen molar-refractivity contribution < 1.29 is 24.5 Å². The summed E-state index contributed by atoms with van der Waals surface area (Å²) in [6.07, 6.45) is 88.1. The van der Waals surface area contributed by atoms with E-state index in [1.54, 1.807) is 6.08 Å². The zero-order valence-corrected chi connectivity index (χ0v) is 53.4. The monoisotopic (exact) mass is 1110 g/mol. The van der Waals surface area contributed by atoms with Crippen molar-refractivity contribution in [2.45, 2.75) is 405 Å². The van der Waals surface area contributed by atoms with Gasteiger partial charge in [-0.05, 0) is 83.5 Å². The second-order valence-corrected chi connectivity index (χ2v) is 24.6. The minimum atomic E-state index is -0.842. The molecule has 0 heterocycles. The highest BCUT2D eigenvalue weighted by molar-refractivity contribution is 5.76. The Morgan fingerprint density at radius 3 is 0.911 bits per heavy atom. The average molecular weight is 1110 g/mol. The van der Waals surface area contributed by atoms with E-state index < -0.39 is 12.1 Å². The van der Waals surface area contributed by atoms with Gasteiger partial charge in [-0.3, -0.25) is 9.59 Å². The Labute approximate surface area is 494 Å². The number of rotatable bonds is 67. The molecule has 0 aliphatic rings. The SMILES string of the molecule is CCCCCC/C=C\CCCCCCCC(=O)OCCCCCCCCCCCCCC/C=C\CCCCCCCCCCCCCCCCCCCC(=O)NC(CO)C(O)/C=C/CCCCCCCCCCCCCCCC. The van der Waals surface area contributed by atoms with Gasteiger partial charge in [0.05, 0.1) is 25.4 Å². The predicted octanol–water partition coefficient (Wildman–Crippen LogP) is 23.1. The lowest BCUT2D eigenvalue weighted by Crippen LogP contribution is -2.45. The lowest BCUT2D eigenvalue weighted by molar-refractivity contribution is -0.143. The number of aliphatic hydroxyl groups excluding tert-OH is 2. The summed E-state index contributed by atoms with van der Waals surface area (Å²) in [5.74, 6) is -0.0529. The zero-order chi connectivity index (χ0) is 57.1. The minimum absolute atomic E-state index is 0.00943. The number of hydrogen-bond donors (Lipinski definition) is 3. The van der Waals surface area contributed by atoms with Crippen molar-refractivity contribution in [3.05, 3.63) is 36.5 Å². The number of unbranched alkanes of at least 4 members (excludes halogenated alkanes) is 52. The molecule has 0 radical (unpaired) electrons. The molecule has 0 saturated carbocycles. The van der Waals surface area contributed by atoms with Crippen molar-refractivity contribution in [2.24, 2.45) is 0 Å². The van der Waals surface area contributed by atoms with Gasteiger partial charge in [0, 0.05) is 12.8 Å². The molecule has 6 nitrogen and oxygen atoms in total. The molecule has 6 heteroatoms. The smallest absolute Gasteiger partial charge is 0.305 e. The van der Waals surface area contributed by atoms with Gasteiger partial charge in [-0.25, -0.2) is 0 Å². The van der Waals surface area contributed by atoms with E-state index in [1.165, 1.54) is 321 Å². The first-order chi connectivity index (χ1) is 39.0. The van der Waals surface area contributed by atoms with E-state index in [4.69, 9.17) is 4.74 Å². The number of ether oxygens (including phenoxy) is 1. The summed E-state index contributed by atoms with van der Waals surface area (Å²) in [5.41, 5.74) is 0. The summed E-state index contributed by atoms with van der Waals surface area (Å²) in [6, 6.07) is -0.625. The van der Waals surface area contributed by atoms with Crippen LogP contribution in [0.4, 0.5) is 0 Å². The number of carbonyl (C=O) groups is 2. The van der Waals surface area contributed by atoms with Gasteiger partial charge in [0.2, 0.25) is 5.91 Å². The first-order valence-corrected chi connectivity index (χ1v) is 35.8. The van der Waals surface area contributed by atoms with Gasteiger partial charge in [0.15, 0.2) is 0 Å². The van der Waals surface area contributed by atoms with Crippen LogP contribution < -0.4 is 5.32 Å². The molecule has 466 valence electrons. The van der Waals surface area contributed by atoms with Crippen molar-refractivity contribution >= 4 is 11.9 Å². The third-order valence-corrected chi connectivity index (χ3v) is 16.6. The highest BCUT2D eigenvalue weighted by atomic mass is 16.5. The van der Waals surface area contributed by atoms with Crippen molar-refractivity contribution in [1.82, 2.24) is 5.32 Å². The Morgan fingerprint density at radius 1 is 0.342 bits per heavy atom. The Balaban J connectivity index is 3.37. The van der Waals surface area contributed by atoms with Crippen LogP contribution in [0.3, 0.4) is 0 Å². The molecule has 0 aromatic carbocycles. The maximum Gasteiger partial charge on any atom is 0.305 e. The maximum atomic E-state index is 12.5. The highest BCUT2D eigenvalue weighted by Crippen LogP contribution is 2.18. The van der Waals surface area contributed by atoms with Gasteiger partial charge in [0.25, 0.3) is 0 Å². The largest absolute Gasteiger partial charge is 0.466 e.